The highest BCUT2D eigenvalue weighted by Crippen LogP contribution is 2.37. The van der Waals surface area contributed by atoms with Crippen LogP contribution in [0.4, 0.5) is 0 Å². The van der Waals surface area contributed by atoms with Crippen molar-refractivity contribution >= 4 is 16.8 Å². The number of carbonyl (C=O) groups is 1. The fourth-order valence-electron chi connectivity index (χ4n) is 4.92. The lowest BCUT2D eigenvalue weighted by Gasteiger charge is -2.34. The van der Waals surface area contributed by atoms with Crippen LogP contribution in [0.2, 0.25) is 0 Å². The molecule has 0 aromatic carbocycles. The Bertz CT molecular complexity index is 912. The lowest BCUT2D eigenvalue weighted by Crippen LogP contribution is -2.44. The molecule has 1 aliphatic carbocycles. The summed E-state index contributed by atoms with van der Waals surface area (Å²) in [7, 11) is 0. The molecule has 6 nitrogen and oxygen atoms in total. The Labute approximate surface area is 185 Å². The van der Waals surface area contributed by atoms with Gasteiger partial charge in [-0.3, -0.25) is 9.78 Å². The van der Waals surface area contributed by atoms with Gasteiger partial charge in [0.15, 0.2) is 0 Å². The van der Waals surface area contributed by atoms with E-state index < -0.39 is 0 Å². The van der Waals surface area contributed by atoms with Gasteiger partial charge in [-0.25, -0.2) is 0 Å². The standard InChI is InChI=1S/C25H37N3O3/c1-4-21-20-15-17(2)27(12-6-7-13-29)23(20)16-22(26-21)18(3)28(19-10-11-19)25(30)24-9-5-8-14-31-24/h15-16,18-19,24,29H,4-14H2,1-3H3/t18-,24+/m0/s1. The van der Waals surface area contributed by atoms with E-state index in [1.165, 1.54) is 16.6 Å². The Balaban J connectivity index is 1.67. The highest BCUT2D eigenvalue weighted by atomic mass is 16.5. The van der Waals surface area contributed by atoms with E-state index in [4.69, 9.17) is 9.72 Å². The molecule has 2 aromatic heterocycles. The molecule has 170 valence electrons. The van der Waals surface area contributed by atoms with Crippen LogP contribution in [0.3, 0.4) is 0 Å². The Hall–Kier alpha value is -1.92. The number of aryl methyl sites for hydroxylation is 3. The third kappa shape index (κ3) is 4.65. The van der Waals surface area contributed by atoms with Gasteiger partial charge in [0.25, 0.3) is 5.91 Å². The molecule has 31 heavy (non-hydrogen) atoms. The van der Waals surface area contributed by atoms with Crippen molar-refractivity contribution in [2.24, 2.45) is 0 Å². The minimum absolute atomic E-state index is 0.0682. The number of aliphatic hydroxyl groups is 1. The molecule has 0 bridgehead atoms. The summed E-state index contributed by atoms with van der Waals surface area (Å²) in [5.74, 6) is 0.143. The zero-order valence-corrected chi connectivity index (χ0v) is 19.3. The SMILES string of the molecule is CCc1nc([C@H](C)N(C(=O)[C@H]2CCCCO2)C2CC2)cc2c1cc(C)n2CCCCO. The number of unbranched alkanes of at least 4 members (excludes halogenated alkanes) is 1. The minimum Gasteiger partial charge on any atom is -0.396 e. The molecule has 0 spiro atoms. The quantitative estimate of drug-likeness (QED) is 0.606. The molecule has 3 heterocycles. The van der Waals surface area contributed by atoms with Crippen molar-refractivity contribution in [1.82, 2.24) is 14.5 Å². The van der Waals surface area contributed by atoms with E-state index in [2.05, 4.69) is 42.4 Å². The van der Waals surface area contributed by atoms with Crippen LogP contribution in [0.25, 0.3) is 10.9 Å². The van der Waals surface area contributed by atoms with Crippen molar-refractivity contribution in [3.8, 4) is 0 Å². The molecule has 4 rings (SSSR count). The normalized spacial score (nSPS) is 20.2. The summed E-state index contributed by atoms with van der Waals surface area (Å²) >= 11 is 0. The summed E-state index contributed by atoms with van der Waals surface area (Å²) in [6.07, 6.45) is 7.40. The molecule has 1 N–H and O–H groups in total. The van der Waals surface area contributed by atoms with Gasteiger partial charge in [-0.05, 0) is 77.3 Å². The maximum atomic E-state index is 13.4. The van der Waals surface area contributed by atoms with Crippen LogP contribution >= 0.6 is 0 Å². The molecule has 2 fully saturated rings. The van der Waals surface area contributed by atoms with E-state index >= 15 is 0 Å². The predicted octanol–water partition coefficient (Wildman–Crippen LogP) is 4.30. The van der Waals surface area contributed by atoms with E-state index in [1.54, 1.807) is 0 Å². The summed E-state index contributed by atoms with van der Waals surface area (Å²) < 4.78 is 8.18. The van der Waals surface area contributed by atoms with Crippen molar-refractivity contribution in [2.75, 3.05) is 13.2 Å². The zero-order chi connectivity index (χ0) is 22.0. The molecule has 0 unspecified atom stereocenters. The van der Waals surface area contributed by atoms with Crippen molar-refractivity contribution in [2.45, 2.75) is 96.9 Å². The number of hydrogen-bond acceptors (Lipinski definition) is 4. The maximum Gasteiger partial charge on any atom is 0.252 e. The summed E-state index contributed by atoms with van der Waals surface area (Å²) in [4.78, 5) is 20.5. The summed E-state index contributed by atoms with van der Waals surface area (Å²) in [6.45, 7) is 8.21. The first kappa shape index (κ1) is 22.3. The van der Waals surface area contributed by atoms with Gasteiger partial charge >= 0.3 is 0 Å². The molecule has 2 aliphatic rings. The third-order valence-corrected chi connectivity index (χ3v) is 6.83. The highest BCUT2D eigenvalue weighted by molar-refractivity contribution is 5.85. The monoisotopic (exact) mass is 427 g/mol. The number of nitrogens with zero attached hydrogens (tertiary/aromatic N) is 3. The Morgan fingerprint density at radius 1 is 1.29 bits per heavy atom. The van der Waals surface area contributed by atoms with Gasteiger partial charge in [0.1, 0.15) is 6.10 Å². The van der Waals surface area contributed by atoms with Crippen LogP contribution in [-0.4, -0.2) is 50.8 Å². The van der Waals surface area contributed by atoms with Crippen LogP contribution in [0, 0.1) is 6.92 Å². The number of aliphatic hydroxyl groups excluding tert-OH is 1. The van der Waals surface area contributed by atoms with Crippen LogP contribution in [0.15, 0.2) is 12.1 Å². The second-order valence-corrected chi connectivity index (χ2v) is 9.16. The lowest BCUT2D eigenvalue weighted by atomic mass is 10.0. The second-order valence-electron chi connectivity index (χ2n) is 9.16. The van der Waals surface area contributed by atoms with Gasteiger partial charge in [-0.15, -0.1) is 0 Å². The number of amides is 1. The zero-order valence-electron chi connectivity index (χ0n) is 19.3. The molecule has 2 aromatic rings. The number of rotatable bonds is 9. The lowest BCUT2D eigenvalue weighted by molar-refractivity contribution is -0.149. The average Bonchev–Trinajstić information content (AvgIpc) is 3.57. The number of carbonyl (C=O) groups excluding carboxylic acids is 1. The summed E-state index contributed by atoms with van der Waals surface area (Å²) in [5.41, 5.74) is 4.49. The van der Waals surface area contributed by atoms with E-state index in [1.807, 2.05) is 0 Å². The molecule has 1 saturated heterocycles. The average molecular weight is 428 g/mol. The van der Waals surface area contributed by atoms with Crippen molar-refractivity contribution in [3.63, 3.8) is 0 Å². The molecule has 0 radical (unpaired) electrons. The Kier molecular flexibility index (Phi) is 6.97. The molecular weight excluding hydrogens is 390 g/mol. The second kappa shape index (κ2) is 9.70. The first-order valence-electron chi connectivity index (χ1n) is 12.1. The molecule has 2 atom stereocenters. The molecule has 1 saturated carbocycles. The number of aromatic nitrogens is 2. The van der Waals surface area contributed by atoms with Crippen LogP contribution in [0.1, 0.15) is 81.9 Å². The first-order valence-corrected chi connectivity index (χ1v) is 12.1. The van der Waals surface area contributed by atoms with Crippen LogP contribution < -0.4 is 0 Å². The largest absolute Gasteiger partial charge is 0.396 e. The van der Waals surface area contributed by atoms with E-state index in [9.17, 15) is 9.90 Å². The van der Waals surface area contributed by atoms with Crippen molar-refractivity contribution in [3.05, 3.63) is 29.2 Å². The van der Waals surface area contributed by atoms with Gasteiger partial charge in [0.2, 0.25) is 0 Å². The topological polar surface area (TPSA) is 67.6 Å². The molecule has 1 amide bonds. The fraction of sp³-hybridized carbons (Fsp3) is 0.680. The highest BCUT2D eigenvalue weighted by Gasteiger charge is 2.40. The molecular formula is C25H37N3O3. The number of pyridine rings is 1. The van der Waals surface area contributed by atoms with Crippen LogP contribution in [0.5, 0.6) is 0 Å². The number of ether oxygens (including phenoxy) is 1. The number of hydrogen-bond donors (Lipinski definition) is 1. The van der Waals surface area contributed by atoms with Gasteiger partial charge in [-0.2, -0.15) is 0 Å². The van der Waals surface area contributed by atoms with Gasteiger partial charge in [0.05, 0.1) is 17.3 Å². The molecule has 1 aliphatic heterocycles. The van der Waals surface area contributed by atoms with Crippen LogP contribution in [-0.2, 0) is 22.5 Å². The van der Waals surface area contributed by atoms with E-state index in [0.717, 1.165) is 69.3 Å². The Morgan fingerprint density at radius 2 is 2.10 bits per heavy atom. The predicted molar refractivity (Wildman–Crippen MR) is 122 cm³/mol. The summed E-state index contributed by atoms with van der Waals surface area (Å²) in [5, 5.41) is 10.4. The molecule has 6 heteroatoms. The summed E-state index contributed by atoms with van der Waals surface area (Å²) in [6, 6.07) is 4.67. The van der Waals surface area contributed by atoms with Gasteiger partial charge < -0.3 is 19.3 Å². The minimum atomic E-state index is -0.296. The smallest absolute Gasteiger partial charge is 0.252 e. The van der Waals surface area contributed by atoms with Gasteiger partial charge in [0, 0.05) is 42.6 Å². The Morgan fingerprint density at radius 3 is 2.74 bits per heavy atom. The van der Waals surface area contributed by atoms with Crippen molar-refractivity contribution in [1.29, 1.82) is 0 Å². The number of fused-ring (bicyclic) bond motifs is 1. The van der Waals surface area contributed by atoms with Gasteiger partial charge in [-0.1, -0.05) is 6.92 Å². The van der Waals surface area contributed by atoms with E-state index in [0.29, 0.717) is 12.6 Å². The fourth-order valence-corrected chi connectivity index (χ4v) is 4.92. The third-order valence-electron chi connectivity index (χ3n) is 6.83. The first-order chi connectivity index (χ1) is 15.0. The maximum absolute atomic E-state index is 13.4. The van der Waals surface area contributed by atoms with E-state index in [-0.39, 0.29) is 24.7 Å². The van der Waals surface area contributed by atoms with Crippen molar-refractivity contribution < 1.29 is 14.6 Å².